The van der Waals surface area contributed by atoms with Gasteiger partial charge in [-0.1, -0.05) is 42.1 Å². The van der Waals surface area contributed by atoms with Crippen molar-refractivity contribution in [2.45, 2.75) is 23.8 Å². The summed E-state index contributed by atoms with van der Waals surface area (Å²) in [7, 11) is 0. The SMILES string of the molecule is CC(Sc1n[nH]c(Cc2ccccc2)n1)c1nccc(N)n1. The Labute approximate surface area is 132 Å². The molecule has 0 bridgehead atoms. The summed E-state index contributed by atoms with van der Waals surface area (Å²) in [5.41, 5.74) is 6.88. The molecule has 0 saturated carbocycles. The molecule has 0 saturated heterocycles. The Kier molecular flexibility index (Phi) is 4.34. The van der Waals surface area contributed by atoms with Gasteiger partial charge in [0.25, 0.3) is 0 Å². The van der Waals surface area contributed by atoms with Crippen molar-refractivity contribution in [3.8, 4) is 0 Å². The lowest BCUT2D eigenvalue weighted by atomic mass is 10.1. The second-order valence-corrected chi connectivity index (χ2v) is 6.13. The predicted octanol–water partition coefficient (Wildman–Crippen LogP) is 2.62. The Morgan fingerprint density at radius 2 is 2.00 bits per heavy atom. The van der Waals surface area contributed by atoms with E-state index < -0.39 is 0 Å². The van der Waals surface area contributed by atoms with Gasteiger partial charge in [0.1, 0.15) is 17.5 Å². The van der Waals surface area contributed by atoms with Crippen molar-refractivity contribution in [2.75, 3.05) is 5.73 Å². The summed E-state index contributed by atoms with van der Waals surface area (Å²) in [4.78, 5) is 13.0. The van der Waals surface area contributed by atoms with Crippen LogP contribution in [-0.2, 0) is 6.42 Å². The van der Waals surface area contributed by atoms with E-state index in [0.29, 0.717) is 16.8 Å². The van der Waals surface area contributed by atoms with Crippen LogP contribution >= 0.6 is 11.8 Å². The highest BCUT2D eigenvalue weighted by Gasteiger charge is 2.14. The average Bonchev–Trinajstić information content (AvgIpc) is 2.95. The third kappa shape index (κ3) is 3.62. The van der Waals surface area contributed by atoms with Crippen LogP contribution in [0.2, 0.25) is 0 Å². The molecule has 0 aliphatic rings. The Balaban J connectivity index is 1.66. The number of hydrogen-bond acceptors (Lipinski definition) is 6. The van der Waals surface area contributed by atoms with Gasteiger partial charge in [0, 0.05) is 12.6 Å². The maximum absolute atomic E-state index is 5.68. The highest BCUT2D eigenvalue weighted by molar-refractivity contribution is 7.99. The number of nitrogens with zero attached hydrogens (tertiary/aromatic N) is 4. The molecule has 1 atom stereocenters. The molecule has 3 N–H and O–H groups in total. The number of anilines is 1. The Morgan fingerprint density at radius 3 is 2.77 bits per heavy atom. The van der Waals surface area contributed by atoms with Crippen LogP contribution in [0.3, 0.4) is 0 Å². The molecule has 22 heavy (non-hydrogen) atoms. The molecule has 112 valence electrons. The summed E-state index contributed by atoms with van der Waals surface area (Å²) in [6, 6.07) is 11.8. The smallest absolute Gasteiger partial charge is 0.209 e. The maximum atomic E-state index is 5.68. The number of aromatic nitrogens is 5. The van der Waals surface area contributed by atoms with Gasteiger partial charge in [-0.3, -0.25) is 5.10 Å². The highest BCUT2D eigenvalue weighted by Crippen LogP contribution is 2.30. The van der Waals surface area contributed by atoms with Gasteiger partial charge in [-0.25, -0.2) is 15.0 Å². The zero-order chi connectivity index (χ0) is 15.4. The van der Waals surface area contributed by atoms with E-state index >= 15 is 0 Å². The normalized spacial score (nSPS) is 12.2. The van der Waals surface area contributed by atoms with Crippen molar-refractivity contribution >= 4 is 17.6 Å². The maximum Gasteiger partial charge on any atom is 0.209 e. The molecule has 0 radical (unpaired) electrons. The van der Waals surface area contributed by atoms with Gasteiger partial charge in [-0.15, -0.1) is 5.10 Å². The summed E-state index contributed by atoms with van der Waals surface area (Å²) in [5.74, 6) is 1.99. The lowest BCUT2D eigenvalue weighted by molar-refractivity contribution is 0.904. The van der Waals surface area contributed by atoms with E-state index in [-0.39, 0.29) is 5.25 Å². The number of H-pyrrole nitrogens is 1. The van der Waals surface area contributed by atoms with E-state index in [0.717, 1.165) is 12.2 Å². The van der Waals surface area contributed by atoms with Gasteiger partial charge in [-0.05, 0) is 18.6 Å². The molecule has 0 aliphatic heterocycles. The minimum absolute atomic E-state index is 0.0314. The van der Waals surface area contributed by atoms with Crippen LogP contribution in [0.4, 0.5) is 5.82 Å². The lowest BCUT2D eigenvalue weighted by Gasteiger charge is -2.06. The van der Waals surface area contributed by atoms with Crippen molar-refractivity contribution in [2.24, 2.45) is 0 Å². The van der Waals surface area contributed by atoms with Gasteiger partial charge in [0.2, 0.25) is 5.16 Å². The first-order valence-electron chi connectivity index (χ1n) is 6.91. The number of rotatable bonds is 5. The second-order valence-electron chi connectivity index (χ2n) is 4.83. The molecule has 3 rings (SSSR count). The largest absolute Gasteiger partial charge is 0.384 e. The summed E-state index contributed by atoms with van der Waals surface area (Å²) < 4.78 is 0. The van der Waals surface area contributed by atoms with Crippen LogP contribution in [0.5, 0.6) is 0 Å². The van der Waals surface area contributed by atoms with E-state index in [4.69, 9.17) is 5.73 Å². The molecule has 6 nitrogen and oxygen atoms in total. The molecule has 3 aromatic rings. The first kappa shape index (κ1) is 14.5. The molecule has 2 aromatic heterocycles. The molecule has 0 aliphatic carbocycles. The van der Waals surface area contributed by atoms with E-state index in [9.17, 15) is 0 Å². The van der Waals surface area contributed by atoms with E-state index in [1.54, 1.807) is 12.3 Å². The highest BCUT2D eigenvalue weighted by atomic mass is 32.2. The minimum Gasteiger partial charge on any atom is -0.384 e. The summed E-state index contributed by atoms with van der Waals surface area (Å²) in [5, 5.41) is 7.93. The fourth-order valence-electron chi connectivity index (χ4n) is 1.99. The molecular weight excluding hydrogens is 296 g/mol. The van der Waals surface area contributed by atoms with Gasteiger partial charge in [0.05, 0.1) is 5.25 Å². The zero-order valence-corrected chi connectivity index (χ0v) is 12.9. The molecule has 0 fully saturated rings. The quantitative estimate of drug-likeness (QED) is 0.703. The minimum atomic E-state index is 0.0314. The van der Waals surface area contributed by atoms with Crippen LogP contribution in [0.1, 0.15) is 29.4 Å². The number of nitrogens with two attached hydrogens (primary N) is 1. The van der Waals surface area contributed by atoms with E-state index in [2.05, 4.69) is 37.3 Å². The van der Waals surface area contributed by atoms with Gasteiger partial charge < -0.3 is 5.73 Å². The molecule has 7 heteroatoms. The van der Waals surface area contributed by atoms with Crippen LogP contribution in [0.15, 0.2) is 47.8 Å². The summed E-state index contributed by atoms with van der Waals surface area (Å²) >= 11 is 1.50. The van der Waals surface area contributed by atoms with Crippen LogP contribution in [0, 0.1) is 0 Å². The van der Waals surface area contributed by atoms with Gasteiger partial charge in [0.15, 0.2) is 0 Å². The monoisotopic (exact) mass is 312 g/mol. The van der Waals surface area contributed by atoms with Crippen molar-refractivity contribution < 1.29 is 0 Å². The van der Waals surface area contributed by atoms with E-state index in [1.165, 1.54) is 17.3 Å². The topological polar surface area (TPSA) is 93.4 Å². The van der Waals surface area contributed by atoms with Crippen LogP contribution in [0.25, 0.3) is 0 Å². The Bertz CT molecular complexity index is 743. The molecule has 0 spiro atoms. The zero-order valence-electron chi connectivity index (χ0n) is 12.1. The fraction of sp³-hybridized carbons (Fsp3) is 0.200. The van der Waals surface area contributed by atoms with Crippen molar-refractivity contribution in [3.63, 3.8) is 0 Å². The number of nitrogens with one attached hydrogen (secondary N) is 1. The number of nitrogen functional groups attached to an aromatic ring is 1. The number of aromatic amines is 1. The van der Waals surface area contributed by atoms with Gasteiger partial charge >= 0.3 is 0 Å². The fourth-order valence-corrected chi connectivity index (χ4v) is 2.79. The third-order valence-electron chi connectivity index (χ3n) is 3.07. The first-order valence-corrected chi connectivity index (χ1v) is 7.79. The van der Waals surface area contributed by atoms with Crippen molar-refractivity contribution in [3.05, 3.63) is 59.8 Å². The number of benzene rings is 1. The Hall–Kier alpha value is -2.41. The standard InChI is InChI=1S/C15H16N6S/c1-10(14-17-8-7-12(16)18-14)22-15-19-13(20-21-15)9-11-5-3-2-4-6-11/h2-8,10H,9H2,1H3,(H2,16,17,18)(H,19,20,21). The second kappa shape index (κ2) is 6.57. The summed E-state index contributed by atoms with van der Waals surface area (Å²) in [6.45, 7) is 2.01. The predicted molar refractivity (Wildman–Crippen MR) is 86.3 cm³/mol. The average molecular weight is 312 g/mol. The number of hydrogen-bond donors (Lipinski definition) is 2. The van der Waals surface area contributed by atoms with Gasteiger partial charge in [-0.2, -0.15) is 0 Å². The van der Waals surface area contributed by atoms with Crippen LogP contribution < -0.4 is 5.73 Å². The Morgan fingerprint density at radius 1 is 1.18 bits per heavy atom. The van der Waals surface area contributed by atoms with Crippen molar-refractivity contribution in [1.29, 1.82) is 0 Å². The van der Waals surface area contributed by atoms with Crippen molar-refractivity contribution in [1.82, 2.24) is 25.1 Å². The van der Waals surface area contributed by atoms with E-state index in [1.807, 2.05) is 25.1 Å². The third-order valence-corrected chi connectivity index (χ3v) is 4.02. The lowest BCUT2D eigenvalue weighted by Crippen LogP contribution is -2.00. The molecule has 2 heterocycles. The molecule has 1 unspecified atom stereocenters. The molecule has 1 aromatic carbocycles. The molecular formula is C15H16N6S. The number of thioether (sulfide) groups is 1. The van der Waals surface area contributed by atoms with Crippen LogP contribution in [-0.4, -0.2) is 25.1 Å². The molecule has 0 amide bonds. The first-order chi connectivity index (χ1) is 10.7. The summed E-state index contributed by atoms with van der Waals surface area (Å²) in [6.07, 6.45) is 2.39.